The van der Waals surface area contributed by atoms with E-state index in [-0.39, 0.29) is 21.1 Å². The minimum atomic E-state index is -1.55. The summed E-state index contributed by atoms with van der Waals surface area (Å²) in [6.45, 7) is 6.81. The molecule has 31 heavy (non-hydrogen) atoms. The van der Waals surface area contributed by atoms with E-state index in [1.165, 1.54) is 70.6 Å². The maximum Gasteiger partial charge on any atom is 0.0643 e. The third-order valence-electron chi connectivity index (χ3n) is 4.26. The Labute approximate surface area is 200 Å². The molecule has 0 unspecified atom stereocenters. The van der Waals surface area contributed by atoms with Gasteiger partial charge >= 0.3 is 75.5 Å². The minimum absolute atomic E-state index is 0.149. The number of aliphatic carboxylic acids is 3. The Balaban J connectivity index is -0.000000401. The molecular formula is C24H44O6Sn. The molecule has 0 aromatic rings. The molecule has 0 saturated carbocycles. The molecule has 180 valence electrons. The summed E-state index contributed by atoms with van der Waals surface area (Å²) in [6, 6.07) is 0. The Kier molecular flexibility index (Phi) is 34.7. The van der Waals surface area contributed by atoms with Crippen LogP contribution in [-0.2, 0) is 14.4 Å². The molecule has 0 heterocycles. The maximum absolute atomic E-state index is 10.2. The van der Waals surface area contributed by atoms with Crippen molar-refractivity contribution in [1.29, 1.82) is 0 Å². The van der Waals surface area contributed by atoms with Gasteiger partial charge in [0.2, 0.25) is 0 Å². The SMILES string of the molecule is CCCCCCCCCCCC(=O)O.CCC[CH2][Sn+2][CH2]CCC.O=C([O-])C=CC(=O)[O-]. The normalized spacial score (nSPS) is 9.77. The van der Waals surface area contributed by atoms with Crippen molar-refractivity contribution in [1.82, 2.24) is 0 Å². The van der Waals surface area contributed by atoms with Gasteiger partial charge in [-0.1, -0.05) is 58.3 Å². The molecule has 0 spiro atoms. The zero-order valence-electron chi connectivity index (χ0n) is 20.0. The quantitative estimate of drug-likeness (QED) is 0.157. The van der Waals surface area contributed by atoms with E-state index in [0.717, 1.165) is 12.8 Å². The molecule has 0 atom stereocenters. The molecule has 0 aromatic heterocycles. The van der Waals surface area contributed by atoms with Crippen molar-refractivity contribution in [2.75, 3.05) is 0 Å². The summed E-state index contributed by atoms with van der Waals surface area (Å²) >= 11 is 0.149. The van der Waals surface area contributed by atoms with Gasteiger partial charge in [-0.05, 0) is 18.6 Å². The van der Waals surface area contributed by atoms with Crippen LogP contribution in [0.4, 0.5) is 0 Å². The second-order valence-electron chi connectivity index (χ2n) is 7.40. The van der Waals surface area contributed by atoms with Crippen LogP contribution in [0.15, 0.2) is 12.2 Å². The number of unbranched alkanes of at least 4 members (excludes halogenated alkanes) is 10. The van der Waals surface area contributed by atoms with Crippen LogP contribution in [0.5, 0.6) is 0 Å². The summed E-state index contributed by atoms with van der Waals surface area (Å²) in [5, 5.41) is 27.2. The van der Waals surface area contributed by atoms with E-state index < -0.39 is 17.9 Å². The van der Waals surface area contributed by atoms with E-state index in [0.29, 0.717) is 18.6 Å². The summed E-state index contributed by atoms with van der Waals surface area (Å²) in [7, 11) is 0. The summed E-state index contributed by atoms with van der Waals surface area (Å²) in [5.74, 6) is -3.75. The fourth-order valence-corrected chi connectivity index (χ4v) is 6.61. The van der Waals surface area contributed by atoms with Crippen molar-refractivity contribution in [3.8, 4) is 0 Å². The van der Waals surface area contributed by atoms with Gasteiger partial charge in [0, 0.05) is 6.42 Å². The third kappa shape index (κ3) is 47.9. The van der Waals surface area contributed by atoms with Gasteiger partial charge in [0.1, 0.15) is 0 Å². The Morgan fingerprint density at radius 3 is 1.32 bits per heavy atom. The monoisotopic (exact) mass is 548 g/mol. The van der Waals surface area contributed by atoms with E-state index in [9.17, 15) is 24.6 Å². The largest absolute Gasteiger partial charge is 0.545 e. The van der Waals surface area contributed by atoms with Gasteiger partial charge in [0.25, 0.3) is 0 Å². The van der Waals surface area contributed by atoms with Crippen LogP contribution in [0.1, 0.15) is 111 Å². The van der Waals surface area contributed by atoms with Gasteiger partial charge in [-0.2, -0.15) is 0 Å². The molecule has 0 bridgehead atoms. The molecular weight excluding hydrogens is 503 g/mol. The van der Waals surface area contributed by atoms with Crippen molar-refractivity contribution >= 4 is 39.1 Å². The van der Waals surface area contributed by atoms with Crippen LogP contribution in [-0.4, -0.2) is 44.2 Å². The number of rotatable bonds is 18. The topological polar surface area (TPSA) is 118 Å². The van der Waals surface area contributed by atoms with Crippen LogP contribution in [0.2, 0.25) is 8.87 Å². The molecule has 1 N–H and O–H groups in total. The standard InChI is InChI=1S/C12H24O2.C4H4O4.2C4H9.Sn/c1-2-3-4-5-6-7-8-9-10-11-12(13)14;5-3(6)1-2-4(7)8;2*1-3-4-2;/h2-11H2,1H3,(H,13,14);1-2H,(H,5,6)(H,7,8);2*1,3-4H2,2H3;/q;;;;+2/p-2. The molecule has 0 amide bonds. The third-order valence-corrected chi connectivity index (χ3v) is 8.30. The zero-order valence-corrected chi connectivity index (χ0v) is 22.8. The van der Waals surface area contributed by atoms with Crippen molar-refractivity contribution < 1.29 is 29.7 Å². The van der Waals surface area contributed by atoms with Gasteiger partial charge < -0.3 is 24.9 Å². The first kappa shape index (κ1) is 34.6. The number of hydrogen-bond donors (Lipinski definition) is 1. The number of carbonyl (C=O) groups is 3. The van der Waals surface area contributed by atoms with Gasteiger partial charge in [0.15, 0.2) is 0 Å². The Hall–Kier alpha value is -1.05. The van der Waals surface area contributed by atoms with Gasteiger partial charge in [0.05, 0.1) is 11.9 Å². The van der Waals surface area contributed by atoms with Crippen LogP contribution in [0, 0.1) is 0 Å². The van der Waals surface area contributed by atoms with Crippen molar-refractivity contribution in [3.05, 3.63) is 12.2 Å². The van der Waals surface area contributed by atoms with Crippen LogP contribution in [0.25, 0.3) is 0 Å². The number of carbonyl (C=O) groups excluding carboxylic acids is 2. The van der Waals surface area contributed by atoms with Crippen molar-refractivity contribution in [2.24, 2.45) is 0 Å². The molecule has 0 rings (SSSR count). The Bertz CT molecular complexity index is 416. The molecule has 0 aliphatic rings. The predicted octanol–water partition coefficient (Wildman–Crippen LogP) is 4.16. The summed E-state index contributed by atoms with van der Waals surface area (Å²) < 4.78 is 3.25. The summed E-state index contributed by atoms with van der Waals surface area (Å²) in [6.07, 6.45) is 18.1. The molecule has 6 nitrogen and oxygen atoms in total. The van der Waals surface area contributed by atoms with E-state index in [1.54, 1.807) is 8.87 Å². The van der Waals surface area contributed by atoms with Crippen molar-refractivity contribution in [3.63, 3.8) is 0 Å². The molecule has 0 fully saturated rings. The summed E-state index contributed by atoms with van der Waals surface area (Å²) in [4.78, 5) is 29.0. The Morgan fingerprint density at radius 2 is 1.00 bits per heavy atom. The second kappa shape index (κ2) is 31.1. The van der Waals surface area contributed by atoms with E-state index in [2.05, 4.69) is 20.8 Å². The van der Waals surface area contributed by atoms with Crippen LogP contribution in [0.3, 0.4) is 0 Å². The Morgan fingerprint density at radius 1 is 0.645 bits per heavy atom. The average molecular weight is 547 g/mol. The van der Waals surface area contributed by atoms with Gasteiger partial charge in [-0.3, -0.25) is 4.79 Å². The maximum atomic E-state index is 10.2. The van der Waals surface area contributed by atoms with Crippen LogP contribution >= 0.6 is 0 Å². The van der Waals surface area contributed by atoms with E-state index >= 15 is 0 Å². The van der Waals surface area contributed by atoms with Crippen LogP contribution < -0.4 is 10.2 Å². The molecule has 0 aliphatic heterocycles. The van der Waals surface area contributed by atoms with E-state index in [4.69, 9.17) is 5.11 Å². The summed E-state index contributed by atoms with van der Waals surface area (Å²) in [5.41, 5.74) is 0. The number of hydrogen-bond acceptors (Lipinski definition) is 5. The fourth-order valence-electron chi connectivity index (χ4n) is 2.45. The first-order valence-corrected chi connectivity index (χ1v) is 15.9. The molecule has 0 aliphatic carbocycles. The first-order chi connectivity index (χ1) is 14.8. The molecule has 7 heteroatoms. The molecule has 0 aromatic carbocycles. The zero-order chi connectivity index (χ0) is 24.2. The minimum Gasteiger partial charge on any atom is -0.545 e. The molecule has 0 saturated heterocycles. The molecule has 0 radical (unpaired) electrons. The first-order valence-electron chi connectivity index (χ1n) is 11.8. The fraction of sp³-hybridized carbons (Fsp3) is 0.792. The van der Waals surface area contributed by atoms with Gasteiger partial charge in [-0.15, -0.1) is 0 Å². The number of carboxylic acid groups (broad SMARTS) is 3. The average Bonchev–Trinajstić information content (AvgIpc) is 2.72. The number of carboxylic acids is 3. The van der Waals surface area contributed by atoms with E-state index in [1.807, 2.05) is 0 Å². The second-order valence-corrected chi connectivity index (χ2v) is 11.7. The smallest absolute Gasteiger partial charge is 0.0643 e. The van der Waals surface area contributed by atoms with Crippen molar-refractivity contribution in [2.45, 2.75) is 120 Å². The van der Waals surface area contributed by atoms with Gasteiger partial charge in [-0.25, -0.2) is 0 Å². The predicted molar refractivity (Wildman–Crippen MR) is 124 cm³/mol.